The van der Waals surface area contributed by atoms with Crippen LogP contribution in [-0.4, -0.2) is 122 Å². The minimum atomic E-state index is -0.648. The first-order chi connectivity index (χ1) is 36.0. The number of rotatable bonds is 18. The lowest BCUT2D eigenvalue weighted by atomic mass is 9.83. The van der Waals surface area contributed by atoms with E-state index in [1.54, 1.807) is 37.7 Å². The Morgan fingerprint density at radius 2 is 0.946 bits per heavy atom. The van der Waals surface area contributed by atoms with Gasteiger partial charge in [-0.15, -0.1) is 0 Å². The number of ether oxygens (including phenoxy) is 2. The largest absolute Gasteiger partial charge is 0.481 e. The van der Waals surface area contributed by atoms with Crippen LogP contribution in [-0.2, 0) is 41.6 Å². The van der Waals surface area contributed by atoms with Gasteiger partial charge in [-0.25, -0.2) is 0 Å². The number of likely N-dealkylation sites (N-methyl/N-ethyl adjacent to an activating group) is 2. The first kappa shape index (κ1) is 54.6. The Bertz CT molecular complexity index is 2210. The van der Waals surface area contributed by atoms with Gasteiger partial charge in [-0.2, -0.15) is 0 Å². The summed E-state index contributed by atoms with van der Waals surface area (Å²) < 4.78 is 12.5. The second kappa shape index (κ2) is 26.2. The molecule has 2 aromatic rings. The molecule has 74 heavy (non-hydrogen) atoms. The van der Waals surface area contributed by atoms with Crippen LogP contribution in [0.3, 0.4) is 0 Å². The second-order valence-electron chi connectivity index (χ2n) is 21.7. The van der Waals surface area contributed by atoms with E-state index in [4.69, 9.17) is 9.47 Å². The highest BCUT2D eigenvalue weighted by Crippen LogP contribution is 2.38. The molecule has 0 spiro atoms. The van der Waals surface area contributed by atoms with Crippen molar-refractivity contribution in [2.45, 2.75) is 191 Å². The zero-order chi connectivity index (χ0) is 52.1. The fourth-order valence-electron chi connectivity index (χ4n) is 12.5. The van der Waals surface area contributed by atoms with E-state index in [1.165, 1.54) is 0 Å². The van der Waals surface area contributed by atoms with Crippen molar-refractivity contribution in [2.75, 3.05) is 40.4 Å². The predicted molar refractivity (Wildman–Crippen MR) is 283 cm³/mol. The first-order valence-electron chi connectivity index (χ1n) is 28.1. The Labute approximate surface area is 438 Å². The molecule has 6 N–H and O–H groups in total. The Kier molecular flexibility index (Phi) is 19.3. The number of nitrogens with one attached hydrogen (secondary N) is 6. The number of carbonyl (C=O) groups excluding carboxylic acids is 6. The highest BCUT2D eigenvalue weighted by Gasteiger charge is 2.44. The quantitative estimate of drug-likeness (QED) is 0.104. The van der Waals surface area contributed by atoms with E-state index in [1.807, 2.05) is 36.4 Å². The van der Waals surface area contributed by atoms with Crippen molar-refractivity contribution in [3.8, 4) is 23.3 Å². The summed E-state index contributed by atoms with van der Waals surface area (Å²) in [5.74, 6) is 6.79. The van der Waals surface area contributed by atoms with Crippen LogP contribution in [0.15, 0.2) is 36.4 Å². The molecule has 8 rings (SSSR count). The third-order valence-electron chi connectivity index (χ3n) is 17.0. The van der Waals surface area contributed by atoms with Gasteiger partial charge in [0.2, 0.25) is 35.4 Å². The Morgan fingerprint density at radius 3 is 1.34 bits per heavy atom. The van der Waals surface area contributed by atoms with Crippen molar-refractivity contribution < 1.29 is 38.2 Å². The molecular weight excluding hydrogens is 937 g/mol. The van der Waals surface area contributed by atoms with E-state index >= 15 is 0 Å². The van der Waals surface area contributed by atoms with Crippen molar-refractivity contribution in [3.63, 3.8) is 0 Å². The smallest absolute Gasteiger partial charge is 0.246 e. The van der Waals surface area contributed by atoms with Crippen molar-refractivity contribution in [1.29, 1.82) is 0 Å². The van der Waals surface area contributed by atoms with Crippen LogP contribution in [0.25, 0.3) is 0 Å². The molecule has 6 amide bonds. The Morgan fingerprint density at radius 1 is 0.541 bits per heavy atom. The van der Waals surface area contributed by atoms with E-state index in [-0.39, 0.29) is 72.6 Å². The molecule has 2 heterocycles. The van der Waals surface area contributed by atoms with Crippen molar-refractivity contribution in [1.82, 2.24) is 41.7 Å². The molecule has 8 atom stereocenters. The maximum atomic E-state index is 14.3. The highest BCUT2D eigenvalue weighted by atomic mass is 16.5. The monoisotopic (exact) mass is 1020 g/mol. The fraction of sp³-hybridized carbons (Fsp3) is 0.655. The van der Waals surface area contributed by atoms with Crippen LogP contribution >= 0.6 is 0 Å². The summed E-state index contributed by atoms with van der Waals surface area (Å²) in [5, 5.41) is 18.7. The lowest BCUT2D eigenvalue weighted by Crippen LogP contribution is -2.58. The van der Waals surface area contributed by atoms with E-state index in [2.05, 4.69) is 43.7 Å². The zero-order valence-electron chi connectivity index (χ0n) is 44.4. The van der Waals surface area contributed by atoms with Crippen molar-refractivity contribution in [2.24, 2.45) is 11.8 Å². The van der Waals surface area contributed by atoms with E-state index < -0.39 is 36.3 Å². The minimum absolute atomic E-state index is 0.0523. The molecule has 16 nitrogen and oxygen atoms in total. The van der Waals surface area contributed by atoms with E-state index in [0.717, 1.165) is 149 Å². The maximum Gasteiger partial charge on any atom is 0.246 e. The fourth-order valence-corrected chi connectivity index (χ4v) is 12.5. The first-order valence-corrected chi connectivity index (χ1v) is 28.1. The Hall–Kier alpha value is -5.66. The molecule has 2 aromatic carbocycles. The summed E-state index contributed by atoms with van der Waals surface area (Å²) >= 11 is 0. The number of fused-ring (bicyclic) bond motifs is 2. The average Bonchev–Trinajstić information content (AvgIpc) is 4.14. The van der Waals surface area contributed by atoms with Gasteiger partial charge in [-0.1, -0.05) is 74.6 Å². The summed E-state index contributed by atoms with van der Waals surface area (Å²) in [6, 6.07) is 8.09. The van der Waals surface area contributed by atoms with Gasteiger partial charge in [0.05, 0.1) is 24.2 Å². The van der Waals surface area contributed by atoms with Gasteiger partial charge in [0, 0.05) is 13.1 Å². The van der Waals surface area contributed by atoms with Gasteiger partial charge in [0.15, 0.2) is 0 Å². The number of likely N-dealkylation sites (tertiary alicyclic amines) is 2. The molecule has 0 bridgehead atoms. The normalized spacial score (nSPS) is 23.6. The number of carbonyl (C=O) groups is 6. The molecule has 2 saturated heterocycles. The maximum absolute atomic E-state index is 14.3. The number of hydrogen-bond donors (Lipinski definition) is 6. The topological polar surface area (TPSA) is 200 Å². The van der Waals surface area contributed by atoms with Gasteiger partial charge < -0.3 is 51.2 Å². The summed E-state index contributed by atoms with van der Waals surface area (Å²) in [4.78, 5) is 86.3. The van der Waals surface area contributed by atoms with Crippen LogP contribution in [0, 0.1) is 23.7 Å². The van der Waals surface area contributed by atoms with Crippen LogP contribution < -0.4 is 41.4 Å². The van der Waals surface area contributed by atoms with Crippen LogP contribution in [0.2, 0.25) is 0 Å². The molecule has 2 aliphatic heterocycles. The van der Waals surface area contributed by atoms with E-state index in [9.17, 15) is 28.8 Å². The Balaban J connectivity index is 0.844. The average molecular weight is 1020 g/mol. The summed E-state index contributed by atoms with van der Waals surface area (Å²) in [6.45, 7) is 4.87. The number of amides is 6. The summed E-state index contributed by atoms with van der Waals surface area (Å²) in [5.41, 5.74) is 4.14. The van der Waals surface area contributed by atoms with Gasteiger partial charge in [0.1, 0.15) is 48.9 Å². The molecule has 6 aliphatic rings. The molecule has 0 radical (unpaired) electrons. The molecule has 0 unspecified atom stereocenters. The SMILES string of the molecule is CN[C@@H](C)C(=O)N[C@H](C(=O)N1CCC[C@H]1C(=O)N[C@@H]1CCCc2c(OCC#CCOc3cccc4c3CCC[C@H]4NC(=O)[C@@H]3CCCN3C(=O)[C@@H](NC(=O)[C@H](C)NC)C3CCCCC3)cccc21)C1CCCCC1. The number of hydrogen-bond acceptors (Lipinski definition) is 10. The third-order valence-corrected chi connectivity index (χ3v) is 17.0. The molecule has 402 valence electrons. The van der Waals surface area contributed by atoms with Crippen LogP contribution in [0.1, 0.15) is 164 Å². The van der Waals surface area contributed by atoms with Gasteiger partial charge in [-0.05, 0) is 164 Å². The number of nitrogens with zero attached hydrogens (tertiary/aromatic N) is 2. The number of benzene rings is 2. The molecule has 4 aliphatic carbocycles. The molecular formula is C58H82N8O8. The van der Waals surface area contributed by atoms with Gasteiger partial charge in [0.25, 0.3) is 0 Å². The molecule has 16 heteroatoms. The van der Waals surface area contributed by atoms with Gasteiger partial charge >= 0.3 is 0 Å². The molecule has 4 fully saturated rings. The standard InChI is InChI=1S/C58H82N8O8/c1-37(59-3)53(67)63-51(39-19-7-5-8-20-39)57(71)65-33-17-29-47(65)55(69)61-45-27-13-25-43-41(45)23-15-31-49(43)73-35-11-12-36-74-50-32-16-24-42-44(50)26-14-28-46(42)62-56(70)48-30-18-34-66(48)58(72)52(40-21-9-6-10-22-40)64-54(68)38(2)60-4/h15-16,23-24,31-32,37-40,45-48,51-52,59-60H,5-10,13-14,17-22,25-30,33-36H2,1-4H3,(H,61,69)(H,62,70)(H,63,67)(H,64,68)/t37-,38-,45+,46+,47-,48-,51-,52-/m0/s1. The highest BCUT2D eigenvalue weighted by molar-refractivity contribution is 5.95. The lowest BCUT2D eigenvalue weighted by molar-refractivity contribution is -0.143. The summed E-state index contributed by atoms with van der Waals surface area (Å²) in [6.07, 6.45) is 17.5. The van der Waals surface area contributed by atoms with Gasteiger partial charge in [-0.3, -0.25) is 28.8 Å². The molecule has 0 aromatic heterocycles. The minimum Gasteiger partial charge on any atom is -0.481 e. The van der Waals surface area contributed by atoms with Crippen molar-refractivity contribution in [3.05, 3.63) is 58.7 Å². The van der Waals surface area contributed by atoms with Crippen molar-refractivity contribution >= 4 is 35.4 Å². The van der Waals surface area contributed by atoms with Crippen LogP contribution in [0.5, 0.6) is 11.5 Å². The second-order valence-corrected chi connectivity index (χ2v) is 21.7. The summed E-state index contributed by atoms with van der Waals surface area (Å²) in [7, 11) is 3.46. The van der Waals surface area contributed by atoms with Crippen LogP contribution in [0.4, 0.5) is 0 Å². The zero-order valence-corrected chi connectivity index (χ0v) is 44.4. The third kappa shape index (κ3) is 13.0. The predicted octanol–water partition coefficient (Wildman–Crippen LogP) is 5.46. The van der Waals surface area contributed by atoms with E-state index in [0.29, 0.717) is 25.9 Å². The lowest BCUT2D eigenvalue weighted by Gasteiger charge is -2.35. The molecule has 2 saturated carbocycles.